The molecule has 0 radical (unpaired) electrons. The molecule has 4 aliphatic carbocycles. The van der Waals surface area contributed by atoms with Crippen molar-refractivity contribution in [3.8, 4) is 12.1 Å². The van der Waals surface area contributed by atoms with E-state index in [2.05, 4.69) is 12.1 Å². The van der Waals surface area contributed by atoms with Crippen LogP contribution in [0.15, 0.2) is 0 Å². The van der Waals surface area contributed by atoms with Gasteiger partial charge in [0.15, 0.2) is 0 Å². The number of hydrogen-bond acceptors (Lipinski definition) is 2. The molecule has 0 spiro atoms. The fraction of sp³-hybridized carbons (Fsp3) is 0.800. The smallest absolute Gasteiger partial charge is 0.109 e. The van der Waals surface area contributed by atoms with Crippen molar-refractivity contribution < 1.29 is 4.39 Å². The highest BCUT2D eigenvalue weighted by molar-refractivity contribution is 5.47. The van der Waals surface area contributed by atoms with Crippen molar-refractivity contribution in [2.75, 3.05) is 0 Å². The van der Waals surface area contributed by atoms with Gasteiger partial charge in [-0.1, -0.05) is 0 Å². The fourth-order valence-electron chi connectivity index (χ4n) is 4.51. The minimum atomic E-state index is -0.760. The molecule has 0 aromatic carbocycles. The van der Waals surface area contributed by atoms with Gasteiger partial charge in [0.25, 0.3) is 0 Å². The first-order valence-electron chi connectivity index (χ1n) is 4.74. The normalized spacial score (nSPS) is 73.9. The van der Waals surface area contributed by atoms with Crippen molar-refractivity contribution in [1.29, 1.82) is 10.5 Å². The van der Waals surface area contributed by atoms with Crippen LogP contribution in [-0.4, -0.2) is 6.17 Å². The van der Waals surface area contributed by atoms with Crippen LogP contribution in [0.3, 0.4) is 0 Å². The lowest BCUT2D eigenvalue weighted by molar-refractivity contribution is 0.0366. The summed E-state index contributed by atoms with van der Waals surface area (Å²) < 4.78 is 13.4. The Morgan fingerprint density at radius 3 is 2.31 bits per heavy atom. The monoisotopic (exact) mass is 174 g/mol. The van der Waals surface area contributed by atoms with Crippen LogP contribution in [-0.2, 0) is 0 Å². The number of nitrogens with zero attached hydrogens (tertiary/aromatic N) is 2. The second-order valence-electron chi connectivity index (χ2n) is 4.88. The molecule has 8 atom stereocenters. The van der Waals surface area contributed by atoms with E-state index in [0.29, 0.717) is 5.92 Å². The lowest BCUT2D eigenvalue weighted by Crippen LogP contribution is -2.41. The summed E-state index contributed by atoms with van der Waals surface area (Å²) in [5, 5.41) is 17.8. The average Bonchev–Trinajstić information content (AvgIpc) is 2.97. The maximum absolute atomic E-state index is 13.4. The first-order chi connectivity index (χ1) is 6.29. The van der Waals surface area contributed by atoms with E-state index in [9.17, 15) is 4.39 Å². The Labute approximate surface area is 75.0 Å². The highest BCUT2D eigenvalue weighted by Gasteiger charge is 2.96. The molecule has 4 saturated carbocycles. The molecular formula is C10H7FN2. The first-order valence-corrected chi connectivity index (χ1v) is 4.74. The molecule has 0 saturated heterocycles. The van der Waals surface area contributed by atoms with E-state index in [1.807, 2.05) is 0 Å². The SMILES string of the molecule is N#C[C@@H]1[C@@H]2[C@H]1[C@@H]1[C@@H]3[C@@H](F)[C@H]2[C@]13C#N. The first kappa shape index (κ1) is 6.38. The lowest BCUT2D eigenvalue weighted by Gasteiger charge is -2.34. The molecule has 0 amide bonds. The molecule has 0 aliphatic heterocycles. The zero-order chi connectivity index (χ0) is 8.96. The van der Waals surface area contributed by atoms with Gasteiger partial charge in [-0.2, -0.15) is 10.5 Å². The number of nitriles is 2. The molecule has 64 valence electrons. The van der Waals surface area contributed by atoms with Crippen molar-refractivity contribution in [2.24, 2.45) is 40.9 Å². The zero-order valence-corrected chi connectivity index (χ0v) is 6.81. The Balaban J connectivity index is 1.80. The number of rotatable bonds is 0. The number of halogens is 1. The second kappa shape index (κ2) is 1.38. The van der Waals surface area contributed by atoms with Gasteiger partial charge < -0.3 is 0 Å². The van der Waals surface area contributed by atoms with E-state index >= 15 is 0 Å². The maximum Gasteiger partial charge on any atom is 0.109 e. The summed E-state index contributed by atoms with van der Waals surface area (Å²) in [7, 11) is 0. The third kappa shape index (κ3) is 0.348. The van der Waals surface area contributed by atoms with Crippen molar-refractivity contribution in [2.45, 2.75) is 6.17 Å². The van der Waals surface area contributed by atoms with Crippen LogP contribution >= 0.6 is 0 Å². The standard InChI is InChI=1S/C10H7FN2/c11-9-7-5-3(1-12)4(5)6-8(9)10(6,7)2-13/h3-9H/t3-,4-,5+,6+,7-,8+,9-,10-/m0/s1. The summed E-state index contributed by atoms with van der Waals surface area (Å²) in [5.41, 5.74) is -0.290. The molecule has 4 rings (SSSR count). The highest BCUT2D eigenvalue weighted by Crippen LogP contribution is 2.92. The Morgan fingerprint density at radius 1 is 1.08 bits per heavy atom. The fourth-order valence-corrected chi connectivity index (χ4v) is 4.51. The van der Waals surface area contributed by atoms with Crippen LogP contribution in [0.25, 0.3) is 0 Å². The molecule has 4 fully saturated rings. The molecular weight excluding hydrogens is 167 g/mol. The number of alkyl halides is 1. The van der Waals surface area contributed by atoms with E-state index in [0.717, 1.165) is 0 Å². The average molecular weight is 174 g/mol. The van der Waals surface area contributed by atoms with E-state index in [-0.39, 0.29) is 35.0 Å². The van der Waals surface area contributed by atoms with Gasteiger partial charge in [0.2, 0.25) is 0 Å². The van der Waals surface area contributed by atoms with Gasteiger partial charge in [0, 0.05) is 11.8 Å². The predicted molar refractivity (Wildman–Crippen MR) is 39.5 cm³/mol. The number of fused-ring (bicyclic) bond motifs is 4. The largest absolute Gasteiger partial charge is 0.247 e. The maximum atomic E-state index is 13.4. The molecule has 13 heavy (non-hydrogen) atoms. The summed E-state index contributed by atoms with van der Waals surface area (Å²) in [6.45, 7) is 0. The van der Waals surface area contributed by atoms with Gasteiger partial charge in [-0.3, -0.25) is 0 Å². The van der Waals surface area contributed by atoms with Crippen molar-refractivity contribution in [3.05, 3.63) is 0 Å². The van der Waals surface area contributed by atoms with Crippen LogP contribution in [0, 0.1) is 63.6 Å². The Bertz CT molecular complexity index is 406. The van der Waals surface area contributed by atoms with Crippen LogP contribution in [0.2, 0.25) is 0 Å². The third-order valence-electron chi connectivity index (χ3n) is 4.92. The van der Waals surface area contributed by atoms with Crippen LogP contribution < -0.4 is 0 Å². The summed E-state index contributed by atoms with van der Waals surface area (Å²) in [6.07, 6.45) is -0.760. The van der Waals surface area contributed by atoms with Gasteiger partial charge in [0.1, 0.15) is 6.17 Å². The topological polar surface area (TPSA) is 47.6 Å². The Kier molecular flexibility index (Phi) is 0.675. The second-order valence-corrected chi connectivity index (χ2v) is 4.88. The van der Waals surface area contributed by atoms with E-state index < -0.39 is 6.17 Å². The summed E-state index contributed by atoms with van der Waals surface area (Å²) in [6, 6.07) is 4.54. The Hall–Kier alpha value is -1.09. The molecule has 3 heteroatoms. The summed E-state index contributed by atoms with van der Waals surface area (Å²) >= 11 is 0. The van der Waals surface area contributed by atoms with Crippen LogP contribution in [0.5, 0.6) is 0 Å². The summed E-state index contributed by atoms with van der Waals surface area (Å²) in [5.74, 6) is 0.930. The highest BCUT2D eigenvalue weighted by atomic mass is 19.1. The molecule has 0 aromatic rings. The van der Waals surface area contributed by atoms with Crippen molar-refractivity contribution >= 4 is 0 Å². The zero-order valence-electron chi connectivity index (χ0n) is 6.81. The van der Waals surface area contributed by atoms with E-state index in [1.54, 1.807) is 0 Å². The van der Waals surface area contributed by atoms with Gasteiger partial charge >= 0.3 is 0 Å². The van der Waals surface area contributed by atoms with Crippen LogP contribution in [0.1, 0.15) is 0 Å². The van der Waals surface area contributed by atoms with E-state index in [4.69, 9.17) is 10.5 Å². The van der Waals surface area contributed by atoms with E-state index in [1.165, 1.54) is 0 Å². The minimum Gasteiger partial charge on any atom is -0.247 e. The lowest BCUT2D eigenvalue weighted by atomic mass is 9.69. The molecule has 0 unspecified atom stereocenters. The van der Waals surface area contributed by atoms with Gasteiger partial charge in [-0.05, 0) is 17.8 Å². The Morgan fingerprint density at radius 2 is 1.77 bits per heavy atom. The summed E-state index contributed by atoms with van der Waals surface area (Å²) in [4.78, 5) is 0. The molecule has 0 aromatic heterocycles. The molecule has 0 N–H and O–H groups in total. The molecule has 0 bridgehead atoms. The van der Waals surface area contributed by atoms with Gasteiger partial charge in [-0.15, -0.1) is 0 Å². The molecule has 4 aliphatic rings. The molecule has 2 nitrogen and oxygen atoms in total. The van der Waals surface area contributed by atoms with Crippen molar-refractivity contribution in [3.63, 3.8) is 0 Å². The predicted octanol–water partition coefficient (Wildman–Crippen LogP) is 1.11. The van der Waals surface area contributed by atoms with Gasteiger partial charge in [0.05, 0.1) is 23.5 Å². The van der Waals surface area contributed by atoms with Crippen LogP contribution in [0.4, 0.5) is 4.39 Å². The number of hydrogen-bond donors (Lipinski definition) is 0. The van der Waals surface area contributed by atoms with Crippen molar-refractivity contribution in [1.82, 2.24) is 0 Å². The molecule has 0 heterocycles. The third-order valence-corrected chi connectivity index (χ3v) is 4.92. The van der Waals surface area contributed by atoms with Gasteiger partial charge in [-0.25, -0.2) is 4.39 Å². The quantitative estimate of drug-likeness (QED) is 0.552. The minimum absolute atomic E-state index is 0.0158.